The lowest BCUT2D eigenvalue weighted by Gasteiger charge is -2.22. The zero-order valence-corrected chi connectivity index (χ0v) is 9.99. The van der Waals surface area contributed by atoms with E-state index in [2.05, 4.69) is 11.4 Å². The maximum atomic E-state index is 5.61. The molecule has 1 saturated heterocycles. The minimum Gasteiger partial charge on any atom is -0.496 e. The Bertz CT molecular complexity index is 413. The molecule has 1 atom stereocenters. The normalized spacial score (nSPS) is 22.5. The molecule has 2 heterocycles. The third-order valence-corrected chi connectivity index (χ3v) is 3.33. The minimum absolute atomic E-state index is 0.376. The Labute approximate surface area is 101 Å². The Hall–Kier alpha value is -1.42. The lowest BCUT2D eigenvalue weighted by atomic mass is 10.0. The van der Waals surface area contributed by atoms with E-state index in [0.29, 0.717) is 19.3 Å². The number of hydrogen-bond acceptors (Lipinski definition) is 4. The average molecular weight is 235 g/mol. The predicted octanol–water partition coefficient (Wildman–Crippen LogP) is 1.89. The van der Waals surface area contributed by atoms with Crippen LogP contribution in [0.3, 0.4) is 0 Å². The maximum absolute atomic E-state index is 5.61. The molecule has 4 nitrogen and oxygen atoms in total. The van der Waals surface area contributed by atoms with E-state index in [4.69, 9.17) is 14.2 Å². The van der Waals surface area contributed by atoms with Crippen LogP contribution in [0, 0.1) is 0 Å². The van der Waals surface area contributed by atoms with E-state index in [9.17, 15) is 0 Å². The van der Waals surface area contributed by atoms with Crippen molar-refractivity contribution in [3.8, 4) is 17.2 Å². The maximum Gasteiger partial charge on any atom is 0.165 e. The summed E-state index contributed by atoms with van der Waals surface area (Å²) in [6, 6.07) is 4.36. The van der Waals surface area contributed by atoms with Crippen LogP contribution < -0.4 is 19.5 Å². The zero-order chi connectivity index (χ0) is 11.7. The Morgan fingerprint density at radius 3 is 2.65 bits per heavy atom. The molecule has 0 saturated carbocycles. The van der Waals surface area contributed by atoms with Crippen LogP contribution in [0.5, 0.6) is 17.2 Å². The first-order valence-corrected chi connectivity index (χ1v) is 6.09. The minimum atomic E-state index is 0.376. The Kier molecular flexibility index (Phi) is 2.81. The summed E-state index contributed by atoms with van der Waals surface area (Å²) in [5.74, 6) is 2.50. The topological polar surface area (TPSA) is 39.7 Å². The molecule has 0 aromatic heterocycles. The summed E-state index contributed by atoms with van der Waals surface area (Å²) in [5, 5.41) is 3.48. The van der Waals surface area contributed by atoms with Crippen LogP contribution in [0.4, 0.5) is 0 Å². The lowest BCUT2D eigenvalue weighted by Crippen LogP contribution is -2.18. The van der Waals surface area contributed by atoms with Gasteiger partial charge in [-0.2, -0.15) is 0 Å². The van der Waals surface area contributed by atoms with Crippen molar-refractivity contribution in [2.24, 2.45) is 0 Å². The third kappa shape index (κ3) is 1.93. The molecular weight excluding hydrogens is 218 g/mol. The monoisotopic (exact) mass is 235 g/mol. The summed E-state index contributed by atoms with van der Waals surface area (Å²) >= 11 is 0. The number of rotatable bonds is 2. The highest BCUT2D eigenvalue weighted by Gasteiger charge is 2.23. The van der Waals surface area contributed by atoms with Crippen molar-refractivity contribution in [3.63, 3.8) is 0 Å². The molecule has 0 bridgehead atoms. The summed E-state index contributed by atoms with van der Waals surface area (Å²) in [4.78, 5) is 0. The molecule has 4 heteroatoms. The lowest BCUT2D eigenvalue weighted by molar-refractivity contribution is 0.170. The van der Waals surface area contributed by atoms with Crippen molar-refractivity contribution in [2.45, 2.75) is 18.9 Å². The largest absolute Gasteiger partial charge is 0.496 e. The molecule has 2 aliphatic rings. The Morgan fingerprint density at radius 2 is 2.00 bits per heavy atom. The van der Waals surface area contributed by atoms with Gasteiger partial charge in [0.25, 0.3) is 0 Å². The first-order valence-electron chi connectivity index (χ1n) is 6.09. The predicted molar refractivity (Wildman–Crippen MR) is 64.0 cm³/mol. The molecule has 1 aromatic carbocycles. The smallest absolute Gasteiger partial charge is 0.165 e. The average Bonchev–Trinajstić information content (AvgIpc) is 2.91. The van der Waals surface area contributed by atoms with E-state index in [1.807, 2.05) is 6.07 Å². The van der Waals surface area contributed by atoms with E-state index >= 15 is 0 Å². The van der Waals surface area contributed by atoms with E-state index < -0.39 is 0 Å². The van der Waals surface area contributed by atoms with Gasteiger partial charge in [-0.15, -0.1) is 0 Å². The number of benzene rings is 1. The fourth-order valence-corrected chi connectivity index (χ4v) is 2.48. The van der Waals surface area contributed by atoms with Gasteiger partial charge in [0, 0.05) is 17.7 Å². The fourth-order valence-electron chi connectivity index (χ4n) is 2.48. The van der Waals surface area contributed by atoms with Crippen molar-refractivity contribution in [2.75, 3.05) is 26.9 Å². The van der Waals surface area contributed by atoms with Gasteiger partial charge in [0.2, 0.25) is 0 Å². The van der Waals surface area contributed by atoms with E-state index in [0.717, 1.165) is 30.2 Å². The second kappa shape index (κ2) is 4.45. The van der Waals surface area contributed by atoms with Crippen LogP contribution in [0.25, 0.3) is 0 Å². The molecule has 17 heavy (non-hydrogen) atoms. The SMILES string of the molecule is COc1cc2c(cc1C1CCCN1)OCCO2. The van der Waals surface area contributed by atoms with Gasteiger partial charge in [0.1, 0.15) is 19.0 Å². The van der Waals surface area contributed by atoms with Crippen LogP contribution in [0.15, 0.2) is 12.1 Å². The van der Waals surface area contributed by atoms with Crippen molar-refractivity contribution >= 4 is 0 Å². The molecule has 1 fully saturated rings. The second-order valence-corrected chi connectivity index (χ2v) is 4.39. The van der Waals surface area contributed by atoms with E-state index in [-0.39, 0.29) is 0 Å². The van der Waals surface area contributed by atoms with Crippen LogP contribution in [-0.4, -0.2) is 26.9 Å². The van der Waals surface area contributed by atoms with Gasteiger partial charge in [-0.1, -0.05) is 0 Å². The molecule has 0 spiro atoms. The van der Waals surface area contributed by atoms with Crippen molar-refractivity contribution < 1.29 is 14.2 Å². The summed E-state index contributed by atoms with van der Waals surface area (Å²) in [6.45, 7) is 2.30. The van der Waals surface area contributed by atoms with Gasteiger partial charge in [-0.05, 0) is 25.5 Å². The van der Waals surface area contributed by atoms with Gasteiger partial charge in [0.15, 0.2) is 11.5 Å². The molecule has 1 N–H and O–H groups in total. The molecule has 92 valence electrons. The number of ether oxygens (including phenoxy) is 3. The van der Waals surface area contributed by atoms with Crippen molar-refractivity contribution in [1.82, 2.24) is 5.32 Å². The summed E-state index contributed by atoms with van der Waals surface area (Å²) < 4.78 is 16.6. The third-order valence-electron chi connectivity index (χ3n) is 3.33. The van der Waals surface area contributed by atoms with Crippen LogP contribution in [-0.2, 0) is 0 Å². The fraction of sp³-hybridized carbons (Fsp3) is 0.538. The highest BCUT2D eigenvalue weighted by Crippen LogP contribution is 2.40. The molecule has 0 aliphatic carbocycles. The number of methoxy groups -OCH3 is 1. The molecule has 3 rings (SSSR count). The standard InChI is InChI=1S/C13H17NO3/c1-15-11-8-13-12(16-5-6-17-13)7-9(11)10-3-2-4-14-10/h7-8,10,14H,2-6H2,1H3. The molecule has 1 aromatic rings. The van der Waals surface area contributed by atoms with Gasteiger partial charge in [0.05, 0.1) is 7.11 Å². The quantitative estimate of drug-likeness (QED) is 0.849. The van der Waals surface area contributed by atoms with E-state index in [1.165, 1.54) is 12.0 Å². The van der Waals surface area contributed by atoms with Gasteiger partial charge < -0.3 is 19.5 Å². The van der Waals surface area contributed by atoms with Crippen molar-refractivity contribution in [1.29, 1.82) is 0 Å². The van der Waals surface area contributed by atoms with Crippen molar-refractivity contribution in [3.05, 3.63) is 17.7 Å². The van der Waals surface area contributed by atoms with Gasteiger partial charge in [-0.25, -0.2) is 0 Å². The number of hydrogen-bond donors (Lipinski definition) is 1. The molecular formula is C13H17NO3. The number of nitrogens with one attached hydrogen (secondary N) is 1. The molecule has 0 radical (unpaired) electrons. The summed E-state index contributed by atoms with van der Waals surface area (Å²) in [5.41, 5.74) is 1.18. The molecule has 1 unspecified atom stereocenters. The Morgan fingerprint density at radius 1 is 1.24 bits per heavy atom. The zero-order valence-electron chi connectivity index (χ0n) is 9.99. The van der Waals surface area contributed by atoms with Crippen LogP contribution in [0.2, 0.25) is 0 Å². The van der Waals surface area contributed by atoms with Crippen LogP contribution in [0.1, 0.15) is 24.4 Å². The first-order chi connectivity index (χ1) is 8.38. The summed E-state index contributed by atoms with van der Waals surface area (Å²) in [7, 11) is 1.70. The molecule has 2 aliphatic heterocycles. The number of fused-ring (bicyclic) bond motifs is 1. The molecule has 0 amide bonds. The second-order valence-electron chi connectivity index (χ2n) is 4.39. The van der Waals surface area contributed by atoms with Gasteiger partial charge >= 0.3 is 0 Å². The summed E-state index contributed by atoms with van der Waals surface area (Å²) in [6.07, 6.45) is 2.36. The van der Waals surface area contributed by atoms with Gasteiger partial charge in [-0.3, -0.25) is 0 Å². The van der Waals surface area contributed by atoms with Crippen LogP contribution >= 0.6 is 0 Å². The van der Waals surface area contributed by atoms with E-state index in [1.54, 1.807) is 7.11 Å². The Balaban J connectivity index is 2.00. The first kappa shape index (κ1) is 10.7. The highest BCUT2D eigenvalue weighted by atomic mass is 16.6. The highest BCUT2D eigenvalue weighted by molar-refractivity contribution is 5.52.